The number of hydrogen-bond acceptors (Lipinski definition) is 2. The molecule has 0 aromatic heterocycles. The van der Waals surface area contributed by atoms with Gasteiger partial charge in [-0.15, -0.1) is 0 Å². The number of alkyl halides is 1. The summed E-state index contributed by atoms with van der Waals surface area (Å²) in [5, 5.41) is 8.96. The second-order valence-corrected chi connectivity index (χ2v) is 3.00. The molecule has 0 aromatic rings. The maximum absolute atomic E-state index is 13.1. The number of aliphatic hydroxyl groups is 1. The minimum atomic E-state index is -1.54. The smallest absolute Gasteiger partial charge is 0.189 e. The molecule has 1 heterocycles. The van der Waals surface area contributed by atoms with Gasteiger partial charge in [0.2, 0.25) is 0 Å². The van der Waals surface area contributed by atoms with Crippen molar-refractivity contribution in [1.82, 2.24) is 0 Å². The van der Waals surface area contributed by atoms with Crippen LogP contribution in [0.25, 0.3) is 0 Å². The van der Waals surface area contributed by atoms with Crippen molar-refractivity contribution in [2.75, 3.05) is 0 Å². The number of aliphatic hydroxyl groups excluding tert-OH is 1. The van der Waals surface area contributed by atoms with Crippen LogP contribution >= 0.6 is 0 Å². The van der Waals surface area contributed by atoms with Gasteiger partial charge in [0.25, 0.3) is 0 Å². The average molecular weight is 148 g/mol. The molecule has 3 heteroatoms. The van der Waals surface area contributed by atoms with E-state index in [-0.39, 0.29) is 6.10 Å². The van der Waals surface area contributed by atoms with Gasteiger partial charge in [-0.1, -0.05) is 6.92 Å². The van der Waals surface area contributed by atoms with Crippen LogP contribution in [-0.4, -0.2) is 23.2 Å². The third-order valence-corrected chi connectivity index (χ3v) is 1.92. The summed E-state index contributed by atoms with van der Waals surface area (Å²) in [7, 11) is 0. The van der Waals surface area contributed by atoms with Crippen molar-refractivity contribution in [2.24, 2.45) is 0 Å². The predicted molar refractivity (Wildman–Crippen MR) is 35.3 cm³/mol. The summed E-state index contributed by atoms with van der Waals surface area (Å²) < 4.78 is 18.0. The van der Waals surface area contributed by atoms with Gasteiger partial charge < -0.3 is 9.84 Å². The first-order valence-corrected chi connectivity index (χ1v) is 3.58. The van der Waals surface area contributed by atoms with Crippen molar-refractivity contribution in [3.05, 3.63) is 0 Å². The lowest BCUT2D eigenvalue weighted by molar-refractivity contribution is -0.137. The van der Waals surface area contributed by atoms with Gasteiger partial charge in [-0.05, 0) is 13.3 Å². The van der Waals surface area contributed by atoms with Crippen LogP contribution in [0.2, 0.25) is 0 Å². The van der Waals surface area contributed by atoms with Crippen LogP contribution < -0.4 is 0 Å². The number of hydrogen-bond donors (Lipinski definition) is 1. The normalized spacial score (nSPS) is 48.0. The molecule has 0 saturated carbocycles. The highest BCUT2D eigenvalue weighted by Gasteiger charge is 2.43. The van der Waals surface area contributed by atoms with Crippen molar-refractivity contribution in [3.8, 4) is 0 Å². The zero-order valence-electron chi connectivity index (χ0n) is 6.30. The Kier molecular flexibility index (Phi) is 1.97. The Hall–Kier alpha value is -0.150. The maximum Gasteiger partial charge on any atom is 0.189 e. The molecule has 1 saturated heterocycles. The molecule has 1 unspecified atom stereocenters. The summed E-state index contributed by atoms with van der Waals surface area (Å²) in [5.41, 5.74) is -1.54. The zero-order chi connectivity index (χ0) is 7.78. The predicted octanol–water partition coefficient (Wildman–Crippen LogP) is 1.23. The third kappa shape index (κ3) is 1.30. The molecule has 1 aliphatic heterocycles. The SMILES string of the molecule is CC[C@@H]1CC(C)(F)[C@H](O)O1. The molecule has 3 atom stereocenters. The minimum absolute atomic E-state index is 0.106. The summed E-state index contributed by atoms with van der Waals surface area (Å²) in [6.45, 7) is 3.28. The lowest BCUT2D eigenvalue weighted by atomic mass is 10.0. The van der Waals surface area contributed by atoms with E-state index in [1.54, 1.807) is 0 Å². The molecule has 0 bridgehead atoms. The van der Waals surface area contributed by atoms with E-state index in [1.165, 1.54) is 6.92 Å². The van der Waals surface area contributed by atoms with Crippen LogP contribution in [0.15, 0.2) is 0 Å². The van der Waals surface area contributed by atoms with E-state index in [1.807, 2.05) is 6.92 Å². The highest BCUT2D eigenvalue weighted by atomic mass is 19.1. The van der Waals surface area contributed by atoms with Gasteiger partial charge in [-0.3, -0.25) is 0 Å². The molecular formula is C7H13FO2. The Balaban J connectivity index is 2.53. The largest absolute Gasteiger partial charge is 0.365 e. The summed E-state index contributed by atoms with van der Waals surface area (Å²) in [4.78, 5) is 0. The molecule has 10 heavy (non-hydrogen) atoms. The van der Waals surface area contributed by atoms with E-state index < -0.39 is 12.0 Å². The van der Waals surface area contributed by atoms with Gasteiger partial charge in [0, 0.05) is 6.42 Å². The van der Waals surface area contributed by atoms with Crippen LogP contribution in [0.1, 0.15) is 26.7 Å². The first kappa shape index (κ1) is 7.95. The maximum atomic E-state index is 13.1. The monoisotopic (exact) mass is 148 g/mol. The Bertz CT molecular complexity index is 125. The molecule has 2 nitrogen and oxygen atoms in total. The standard InChI is InChI=1S/C7H13FO2/c1-3-5-4-7(2,8)6(9)10-5/h5-6,9H,3-4H2,1-2H3/t5-,6-,7?/m1/s1. The second kappa shape index (κ2) is 2.47. The molecule has 60 valence electrons. The van der Waals surface area contributed by atoms with Gasteiger partial charge >= 0.3 is 0 Å². The van der Waals surface area contributed by atoms with Gasteiger partial charge in [0.05, 0.1) is 6.10 Å². The van der Waals surface area contributed by atoms with Crippen LogP contribution in [0.4, 0.5) is 4.39 Å². The lowest BCUT2D eigenvalue weighted by Crippen LogP contribution is -2.28. The van der Waals surface area contributed by atoms with Crippen molar-refractivity contribution >= 4 is 0 Å². The summed E-state index contributed by atoms with van der Waals surface area (Å²) >= 11 is 0. The van der Waals surface area contributed by atoms with Gasteiger partial charge in [0.1, 0.15) is 0 Å². The third-order valence-electron chi connectivity index (χ3n) is 1.92. The highest BCUT2D eigenvalue weighted by molar-refractivity contribution is 4.86. The molecular weight excluding hydrogens is 135 g/mol. The molecule has 1 fully saturated rings. The number of rotatable bonds is 1. The summed E-state index contributed by atoms with van der Waals surface area (Å²) in [6.07, 6.45) is -0.260. The minimum Gasteiger partial charge on any atom is -0.365 e. The molecule has 0 amide bonds. The van der Waals surface area contributed by atoms with Crippen LogP contribution in [0, 0.1) is 0 Å². The fraction of sp³-hybridized carbons (Fsp3) is 1.00. The van der Waals surface area contributed by atoms with Crippen molar-refractivity contribution in [3.63, 3.8) is 0 Å². The average Bonchev–Trinajstić information content (AvgIpc) is 2.08. The number of halogens is 1. The van der Waals surface area contributed by atoms with Crippen LogP contribution in [0.5, 0.6) is 0 Å². The second-order valence-electron chi connectivity index (χ2n) is 3.00. The first-order chi connectivity index (χ1) is 4.56. The Morgan fingerprint density at radius 3 is 2.60 bits per heavy atom. The van der Waals surface area contributed by atoms with E-state index in [2.05, 4.69) is 0 Å². The Morgan fingerprint density at radius 2 is 2.40 bits per heavy atom. The van der Waals surface area contributed by atoms with Gasteiger partial charge in [-0.2, -0.15) is 0 Å². The fourth-order valence-corrected chi connectivity index (χ4v) is 1.16. The molecule has 1 aliphatic rings. The molecule has 0 aliphatic carbocycles. The van der Waals surface area contributed by atoms with Gasteiger partial charge in [-0.25, -0.2) is 4.39 Å². The lowest BCUT2D eigenvalue weighted by Gasteiger charge is -2.14. The highest BCUT2D eigenvalue weighted by Crippen LogP contribution is 2.33. The summed E-state index contributed by atoms with van der Waals surface area (Å²) in [5.74, 6) is 0. The van der Waals surface area contributed by atoms with Crippen molar-refractivity contribution < 1.29 is 14.2 Å². The van der Waals surface area contributed by atoms with Crippen LogP contribution in [-0.2, 0) is 4.74 Å². The summed E-state index contributed by atoms with van der Waals surface area (Å²) in [6, 6.07) is 0. The van der Waals surface area contributed by atoms with E-state index in [0.29, 0.717) is 6.42 Å². The van der Waals surface area contributed by atoms with E-state index in [9.17, 15) is 4.39 Å². The van der Waals surface area contributed by atoms with Crippen molar-refractivity contribution in [2.45, 2.75) is 44.8 Å². The van der Waals surface area contributed by atoms with Gasteiger partial charge in [0.15, 0.2) is 12.0 Å². The fourth-order valence-electron chi connectivity index (χ4n) is 1.16. The van der Waals surface area contributed by atoms with E-state index >= 15 is 0 Å². The zero-order valence-corrected chi connectivity index (χ0v) is 6.30. The number of ether oxygens (including phenoxy) is 1. The Morgan fingerprint density at radius 1 is 1.80 bits per heavy atom. The molecule has 1 N–H and O–H groups in total. The Labute approximate surface area is 60.0 Å². The molecule has 0 aromatic carbocycles. The van der Waals surface area contributed by atoms with E-state index in [4.69, 9.17) is 9.84 Å². The first-order valence-electron chi connectivity index (χ1n) is 3.58. The molecule has 1 rings (SSSR count). The van der Waals surface area contributed by atoms with E-state index in [0.717, 1.165) is 6.42 Å². The molecule has 0 radical (unpaired) electrons. The quantitative estimate of drug-likeness (QED) is 0.606. The topological polar surface area (TPSA) is 29.5 Å². The molecule has 0 spiro atoms. The van der Waals surface area contributed by atoms with Crippen LogP contribution in [0.3, 0.4) is 0 Å². The van der Waals surface area contributed by atoms with Crippen molar-refractivity contribution in [1.29, 1.82) is 0 Å².